The number of rotatable bonds is 2. The zero-order chi connectivity index (χ0) is 7.40. The summed E-state index contributed by atoms with van der Waals surface area (Å²) < 4.78 is 0. The van der Waals surface area contributed by atoms with Crippen molar-refractivity contribution in [3.8, 4) is 0 Å². The summed E-state index contributed by atoms with van der Waals surface area (Å²) in [5, 5.41) is 0. The fourth-order valence-corrected chi connectivity index (χ4v) is 1.04. The van der Waals surface area contributed by atoms with Crippen molar-refractivity contribution in [2.45, 2.75) is 11.8 Å². The second-order valence-electron chi connectivity index (χ2n) is 1.97. The molecule has 0 saturated heterocycles. The van der Waals surface area contributed by atoms with Crippen LogP contribution in [-0.4, -0.2) is 0 Å². The molecule has 0 nitrogen and oxygen atoms in total. The lowest BCUT2D eigenvalue weighted by Gasteiger charge is -1.95. The van der Waals surface area contributed by atoms with E-state index in [1.807, 2.05) is 18.2 Å². The van der Waals surface area contributed by atoms with E-state index in [9.17, 15) is 0 Å². The zero-order valence-electron chi connectivity index (χ0n) is 5.40. The summed E-state index contributed by atoms with van der Waals surface area (Å²) in [5.74, 6) is 1.01. The Balaban J connectivity index is 2.87. The molecule has 1 rings (SSSR count). The predicted octanol–water partition coefficient (Wildman–Crippen LogP) is 2.96. The topological polar surface area (TPSA) is 0 Å². The van der Waals surface area contributed by atoms with E-state index in [0.717, 1.165) is 11.1 Å². The molecule has 0 aromatic heterocycles. The van der Waals surface area contributed by atoms with E-state index in [1.165, 1.54) is 0 Å². The minimum Gasteiger partial charge on any atom is -0.122 e. The van der Waals surface area contributed by atoms with Crippen molar-refractivity contribution in [2.24, 2.45) is 0 Å². The minimum absolute atomic E-state index is 0.505. The lowest BCUT2D eigenvalue weighted by atomic mass is 10.2. The maximum atomic E-state index is 5.58. The molecule has 0 aliphatic carbocycles. The first-order valence-corrected chi connectivity index (χ1v) is 4.05. The first kappa shape index (κ1) is 7.90. The van der Waals surface area contributed by atoms with Gasteiger partial charge < -0.3 is 0 Å². The van der Waals surface area contributed by atoms with Crippen LogP contribution in [0.5, 0.6) is 0 Å². The highest BCUT2D eigenvalue weighted by Gasteiger charge is 1.92. The molecule has 53 valence electrons. The Labute approximate surface area is 70.8 Å². The van der Waals surface area contributed by atoms with Gasteiger partial charge in [0.15, 0.2) is 0 Å². The van der Waals surface area contributed by atoms with Crippen LogP contribution in [0.25, 0.3) is 0 Å². The molecule has 0 heterocycles. The van der Waals surface area contributed by atoms with Gasteiger partial charge in [0.2, 0.25) is 0 Å². The third-order valence-electron chi connectivity index (χ3n) is 1.20. The van der Waals surface area contributed by atoms with Crippen LogP contribution in [0.4, 0.5) is 0 Å². The fourth-order valence-electron chi connectivity index (χ4n) is 0.726. The predicted molar refractivity (Wildman–Crippen MR) is 44.4 cm³/mol. The molecule has 10 heavy (non-hydrogen) atoms. The van der Waals surface area contributed by atoms with Crippen molar-refractivity contribution in [2.75, 3.05) is 0 Å². The third kappa shape index (κ3) is 1.89. The van der Waals surface area contributed by atoms with Gasteiger partial charge in [0, 0.05) is 11.8 Å². The van der Waals surface area contributed by atoms with Crippen molar-refractivity contribution in [3.63, 3.8) is 0 Å². The lowest BCUT2D eigenvalue weighted by Crippen LogP contribution is -1.81. The van der Waals surface area contributed by atoms with Crippen LogP contribution < -0.4 is 0 Å². The number of halogens is 2. The second kappa shape index (κ2) is 3.85. The Morgan fingerprint density at radius 3 is 2.00 bits per heavy atom. The Morgan fingerprint density at radius 1 is 1.10 bits per heavy atom. The molecular formula is C8H7Cl2. The van der Waals surface area contributed by atoms with E-state index in [-0.39, 0.29) is 0 Å². The Kier molecular flexibility index (Phi) is 3.04. The summed E-state index contributed by atoms with van der Waals surface area (Å²) in [6.45, 7) is 0. The van der Waals surface area contributed by atoms with E-state index >= 15 is 0 Å². The van der Waals surface area contributed by atoms with Crippen LogP contribution in [0, 0.1) is 6.07 Å². The minimum atomic E-state index is 0.505. The molecule has 0 amide bonds. The van der Waals surface area contributed by atoms with Crippen LogP contribution in [0.2, 0.25) is 0 Å². The quantitative estimate of drug-likeness (QED) is 0.604. The summed E-state index contributed by atoms with van der Waals surface area (Å²) >= 11 is 11.2. The van der Waals surface area contributed by atoms with Gasteiger partial charge in [-0.25, -0.2) is 0 Å². The molecule has 0 unspecified atom stereocenters. The maximum Gasteiger partial charge on any atom is 0.0480 e. The summed E-state index contributed by atoms with van der Waals surface area (Å²) in [6.07, 6.45) is 0. The zero-order valence-corrected chi connectivity index (χ0v) is 6.91. The first-order valence-electron chi connectivity index (χ1n) is 2.99. The number of alkyl halides is 2. The summed E-state index contributed by atoms with van der Waals surface area (Å²) in [7, 11) is 0. The van der Waals surface area contributed by atoms with Crippen LogP contribution in [0.1, 0.15) is 11.1 Å². The first-order chi connectivity index (χ1) is 4.86. The van der Waals surface area contributed by atoms with E-state index in [1.54, 1.807) is 0 Å². The summed E-state index contributed by atoms with van der Waals surface area (Å²) in [5.41, 5.74) is 2.00. The van der Waals surface area contributed by atoms with Gasteiger partial charge in [-0.1, -0.05) is 18.2 Å². The van der Waals surface area contributed by atoms with Crippen LogP contribution >= 0.6 is 23.2 Å². The molecule has 0 spiro atoms. The van der Waals surface area contributed by atoms with Gasteiger partial charge in [-0.3, -0.25) is 0 Å². The van der Waals surface area contributed by atoms with Gasteiger partial charge in [-0.05, 0) is 17.2 Å². The van der Waals surface area contributed by atoms with E-state index in [2.05, 4.69) is 6.07 Å². The van der Waals surface area contributed by atoms with E-state index in [4.69, 9.17) is 23.2 Å². The molecule has 0 N–H and O–H groups in total. The van der Waals surface area contributed by atoms with Gasteiger partial charge in [0.1, 0.15) is 0 Å². The Morgan fingerprint density at radius 2 is 1.60 bits per heavy atom. The molecule has 0 aliphatic heterocycles. The van der Waals surface area contributed by atoms with Gasteiger partial charge in [-0.2, -0.15) is 0 Å². The summed E-state index contributed by atoms with van der Waals surface area (Å²) in [4.78, 5) is 0. The van der Waals surface area contributed by atoms with Crippen molar-refractivity contribution >= 4 is 23.2 Å². The average Bonchev–Trinajstić information content (AvgIpc) is 2.05. The molecule has 0 saturated carbocycles. The number of hydrogen-bond acceptors (Lipinski definition) is 0. The van der Waals surface area contributed by atoms with Gasteiger partial charge in [-0.15, -0.1) is 23.2 Å². The molecule has 1 aromatic rings. The van der Waals surface area contributed by atoms with Crippen molar-refractivity contribution in [1.29, 1.82) is 0 Å². The summed E-state index contributed by atoms with van der Waals surface area (Å²) in [6, 6.07) is 8.88. The number of hydrogen-bond donors (Lipinski definition) is 0. The van der Waals surface area contributed by atoms with Crippen molar-refractivity contribution in [3.05, 3.63) is 35.4 Å². The molecule has 1 aromatic carbocycles. The van der Waals surface area contributed by atoms with Crippen LogP contribution in [0.15, 0.2) is 18.2 Å². The Hall–Kier alpha value is -0.200. The van der Waals surface area contributed by atoms with Gasteiger partial charge >= 0.3 is 0 Å². The fraction of sp³-hybridized carbons (Fsp3) is 0.250. The Bertz CT molecular complexity index is 189. The molecule has 2 heteroatoms. The highest BCUT2D eigenvalue weighted by molar-refractivity contribution is 6.17. The van der Waals surface area contributed by atoms with Crippen LogP contribution in [-0.2, 0) is 11.8 Å². The van der Waals surface area contributed by atoms with Crippen LogP contribution in [0.3, 0.4) is 0 Å². The monoisotopic (exact) mass is 173 g/mol. The lowest BCUT2D eigenvalue weighted by molar-refractivity contribution is 1.31. The maximum absolute atomic E-state index is 5.58. The molecule has 0 bridgehead atoms. The molecule has 0 fully saturated rings. The molecule has 1 radical (unpaired) electrons. The third-order valence-corrected chi connectivity index (χ3v) is 1.78. The van der Waals surface area contributed by atoms with Gasteiger partial charge in [0.25, 0.3) is 0 Å². The second-order valence-corrected chi connectivity index (χ2v) is 2.50. The molecule has 0 aliphatic rings. The SMILES string of the molecule is ClCc1[c]c(CCl)ccc1. The smallest absolute Gasteiger partial charge is 0.0480 e. The normalized spacial score (nSPS) is 9.80. The largest absolute Gasteiger partial charge is 0.122 e. The molecular weight excluding hydrogens is 167 g/mol. The standard InChI is InChI=1S/C8H7Cl2/c9-5-7-2-1-3-8(4-7)6-10/h1-3H,5-6H2. The average molecular weight is 174 g/mol. The highest BCUT2D eigenvalue weighted by Crippen LogP contribution is 2.08. The highest BCUT2D eigenvalue weighted by atomic mass is 35.5. The van der Waals surface area contributed by atoms with Crippen molar-refractivity contribution < 1.29 is 0 Å². The van der Waals surface area contributed by atoms with Gasteiger partial charge in [0.05, 0.1) is 0 Å². The van der Waals surface area contributed by atoms with Crippen molar-refractivity contribution in [1.82, 2.24) is 0 Å². The van der Waals surface area contributed by atoms with E-state index < -0.39 is 0 Å². The van der Waals surface area contributed by atoms with E-state index in [0.29, 0.717) is 11.8 Å². The number of benzene rings is 1. The molecule has 0 atom stereocenters.